The zero-order valence-corrected chi connectivity index (χ0v) is 8.52. The van der Waals surface area contributed by atoms with Gasteiger partial charge < -0.3 is 10.1 Å². The summed E-state index contributed by atoms with van der Waals surface area (Å²) in [6.45, 7) is 8.66. The summed E-state index contributed by atoms with van der Waals surface area (Å²) in [5, 5.41) is 3.53. The molecular weight excluding hydrogens is 150 g/mol. The van der Waals surface area contributed by atoms with Crippen molar-refractivity contribution in [3.05, 3.63) is 0 Å². The Morgan fingerprint density at radius 1 is 1.50 bits per heavy atom. The Morgan fingerprint density at radius 3 is 2.75 bits per heavy atom. The summed E-state index contributed by atoms with van der Waals surface area (Å²) in [5.74, 6) is 0. The van der Waals surface area contributed by atoms with Crippen molar-refractivity contribution in [1.29, 1.82) is 0 Å². The topological polar surface area (TPSA) is 21.3 Å². The predicted octanol–water partition coefficient (Wildman–Crippen LogP) is 1.94. The van der Waals surface area contributed by atoms with Crippen LogP contribution in [0.3, 0.4) is 0 Å². The van der Waals surface area contributed by atoms with Crippen molar-refractivity contribution >= 4 is 0 Å². The summed E-state index contributed by atoms with van der Waals surface area (Å²) < 4.78 is 5.53. The average Bonchev–Trinajstić information content (AvgIpc) is 2.53. The van der Waals surface area contributed by atoms with Gasteiger partial charge in [-0.25, -0.2) is 0 Å². The summed E-state index contributed by atoms with van der Waals surface area (Å²) >= 11 is 0. The second-order valence-electron chi connectivity index (χ2n) is 4.25. The van der Waals surface area contributed by atoms with Gasteiger partial charge in [0.25, 0.3) is 0 Å². The van der Waals surface area contributed by atoms with Crippen molar-refractivity contribution in [1.82, 2.24) is 5.32 Å². The third kappa shape index (κ3) is 3.11. The molecule has 1 unspecified atom stereocenters. The molecule has 0 saturated carbocycles. The van der Waals surface area contributed by atoms with E-state index in [9.17, 15) is 0 Å². The number of nitrogens with one attached hydrogen (secondary N) is 1. The van der Waals surface area contributed by atoms with Gasteiger partial charge in [0, 0.05) is 18.7 Å². The standard InChI is InChI=1S/C10H21NO/c1-4-10(2,3)11-8-9-6-5-7-12-9/h9,11H,4-8H2,1-3H3. The molecule has 1 rings (SSSR count). The van der Waals surface area contributed by atoms with E-state index in [1.54, 1.807) is 0 Å². The fraction of sp³-hybridized carbons (Fsp3) is 1.00. The van der Waals surface area contributed by atoms with Gasteiger partial charge in [-0.2, -0.15) is 0 Å². The van der Waals surface area contributed by atoms with Gasteiger partial charge in [-0.15, -0.1) is 0 Å². The van der Waals surface area contributed by atoms with Crippen LogP contribution in [0.2, 0.25) is 0 Å². The molecule has 1 aliphatic rings. The number of hydrogen-bond acceptors (Lipinski definition) is 2. The van der Waals surface area contributed by atoms with E-state index in [1.807, 2.05) is 0 Å². The molecule has 2 heteroatoms. The molecule has 72 valence electrons. The van der Waals surface area contributed by atoms with E-state index >= 15 is 0 Å². The van der Waals surface area contributed by atoms with Crippen LogP contribution >= 0.6 is 0 Å². The second kappa shape index (κ2) is 4.24. The molecule has 2 nitrogen and oxygen atoms in total. The minimum absolute atomic E-state index is 0.270. The van der Waals surface area contributed by atoms with E-state index in [0.29, 0.717) is 6.10 Å². The average molecular weight is 171 g/mol. The molecule has 1 fully saturated rings. The van der Waals surface area contributed by atoms with Crippen molar-refractivity contribution in [2.75, 3.05) is 13.2 Å². The van der Waals surface area contributed by atoms with Gasteiger partial charge in [0.1, 0.15) is 0 Å². The van der Waals surface area contributed by atoms with Crippen LogP contribution in [0.25, 0.3) is 0 Å². The summed E-state index contributed by atoms with van der Waals surface area (Å²) in [7, 11) is 0. The Hall–Kier alpha value is -0.0800. The lowest BCUT2D eigenvalue weighted by molar-refractivity contribution is 0.103. The SMILES string of the molecule is CCC(C)(C)NCC1CCCO1. The van der Waals surface area contributed by atoms with Gasteiger partial charge in [0.2, 0.25) is 0 Å². The quantitative estimate of drug-likeness (QED) is 0.698. The fourth-order valence-corrected chi connectivity index (χ4v) is 1.32. The van der Waals surface area contributed by atoms with Gasteiger partial charge in [0.05, 0.1) is 6.10 Å². The van der Waals surface area contributed by atoms with Crippen LogP contribution in [0, 0.1) is 0 Å². The Labute approximate surface area is 75.7 Å². The predicted molar refractivity (Wildman–Crippen MR) is 51.3 cm³/mol. The normalized spacial score (nSPS) is 24.8. The van der Waals surface area contributed by atoms with Gasteiger partial charge in [-0.3, -0.25) is 0 Å². The monoisotopic (exact) mass is 171 g/mol. The lowest BCUT2D eigenvalue weighted by atomic mass is 10.0. The highest BCUT2D eigenvalue weighted by atomic mass is 16.5. The molecule has 0 aromatic rings. The van der Waals surface area contributed by atoms with Gasteiger partial charge in [-0.05, 0) is 33.1 Å². The molecule has 0 amide bonds. The molecule has 1 atom stereocenters. The van der Waals surface area contributed by atoms with E-state index in [0.717, 1.165) is 13.2 Å². The summed E-state index contributed by atoms with van der Waals surface area (Å²) in [6.07, 6.45) is 4.10. The largest absolute Gasteiger partial charge is 0.377 e. The van der Waals surface area contributed by atoms with Crippen molar-refractivity contribution in [3.63, 3.8) is 0 Å². The summed E-state index contributed by atoms with van der Waals surface area (Å²) in [6, 6.07) is 0. The molecular formula is C10H21NO. The van der Waals surface area contributed by atoms with Crippen LogP contribution in [0.5, 0.6) is 0 Å². The highest BCUT2D eigenvalue weighted by molar-refractivity contribution is 4.78. The van der Waals surface area contributed by atoms with Gasteiger partial charge >= 0.3 is 0 Å². The lowest BCUT2D eigenvalue weighted by Crippen LogP contribution is -2.42. The summed E-state index contributed by atoms with van der Waals surface area (Å²) in [4.78, 5) is 0. The molecule has 0 bridgehead atoms. The molecule has 1 heterocycles. The Balaban J connectivity index is 2.15. The van der Waals surface area contributed by atoms with Crippen LogP contribution in [-0.4, -0.2) is 24.8 Å². The number of ether oxygens (including phenoxy) is 1. The van der Waals surface area contributed by atoms with Crippen LogP contribution < -0.4 is 5.32 Å². The second-order valence-corrected chi connectivity index (χ2v) is 4.25. The lowest BCUT2D eigenvalue weighted by Gasteiger charge is -2.26. The number of hydrogen-bond donors (Lipinski definition) is 1. The summed E-state index contributed by atoms with van der Waals surface area (Å²) in [5.41, 5.74) is 0.270. The maximum absolute atomic E-state index is 5.53. The third-order valence-electron chi connectivity index (χ3n) is 2.72. The molecule has 0 aromatic carbocycles. The first-order valence-electron chi connectivity index (χ1n) is 5.01. The van der Waals surface area contributed by atoms with Crippen LogP contribution in [0.4, 0.5) is 0 Å². The Kier molecular flexibility index (Phi) is 3.53. The number of rotatable bonds is 4. The highest BCUT2D eigenvalue weighted by Gasteiger charge is 2.19. The fourth-order valence-electron chi connectivity index (χ4n) is 1.32. The molecule has 12 heavy (non-hydrogen) atoms. The minimum atomic E-state index is 0.270. The first-order chi connectivity index (χ1) is 5.64. The highest BCUT2D eigenvalue weighted by Crippen LogP contribution is 2.13. The Morgan fingerprint density at radius 2 is 2.25 bits per heavy atom. The van der Waals surface area contributed by atoms with Crippen LogP contribution in [0.15, 0.2) is 0 Å². The van der Waals surface area contributed by atoms with E-state index < -0.39 is 0 Å². The first-order valence-corrected chi connectivity index (χ1v) is 5.01. The Bertz CT molecular complexity index is 128. The molecule has 1 aliphatic heterocycles. The van der Waals surface area contributed by atoms with Crippen LogP contribution in [0.1, 0.15) is 40.0 Å². The van der Waals surface area contributed by atoms with Crippen molar-refractivity contribution in [3.8, 4) is 0 Å². The van der Waals surface area contributed by atoms with E-state index in [4.69, 9.17) is 4.74 Å². The zero-order valence-electron chi connectivity index (χ0n) is 8.52. The van der Waals surface area contributed by atoms with E-state index in [2.05, 4.69) is 26.1 Å². The molecule has 0 aliphatic carbocycles. The van der Waals surface area contributed by atoms with Crippen molar-refractivity contribution in [2.45, 2.75) is 51.7 Å². The smallest absolute Gasteiger partial charge is 0.0700 e. The first kappa shape index (κ1) is 10.0. The molecule has 1 saturated heterocycles. The van der Waals surface area contributed by atoms with E-state index in [-0.39, 0.29) is 5.54 Å². The minimum Gasteiger partial charge on any atom is -0.377 e. The molecule has 1 N–H and O–H groups in total. The maximum atomic E-state index is 5.53. The third-order valence-corrected chi connectivity index (χ3v) is 2.72. The molecule has 0 aromatic heterocycles. The van der Waals surface area contributed by atoms with Gasteiger partial charge in [0.15, 0.2) is 0 Å². The van der Waals surface area contributed by atoms with Crippen LogP contribution in [-0.2, 0) is 4.74 Å². The molecule has 0 spiro atoms. The maximum Gasteiger partial charge on any atom is 0.0700 e. The van der Waals surface area contributed by atoms with E-state index in [1.165, 1.54) is 19.3 Å². The molecule has 0 radical (unpaired) electrons. The van der Waals surface area contributed by atoms with Crippen molar-refractivity contribution in [2.24, 2.45) is 0 Å². The zero-order chi connectivity index (χ0) is 9.03. The van der Waals surface area contributed by atoms with Crippen molar-refractivity contribution < 1.29 is 4.74 Å². The van der Waals surface area contributed by atoms with Gasteiger partial charge in [-0.1, -0.05) is 6.92 Å².